The molecule has 3 rings (SSSR count). The van der Waals surface area contributed by atoms with E-state index in [1.807, 2.05) is 36.4 Å². The Morgan fingerprint density at radius 2 is 1.65 bits per heavy atom. The van der Waals surface area contributed by atoms with Crippen LogP contribution in [0.1, 0.15) is 0 Å². The summed E-state index contributed by atoms with van der Waals surface area (Å²) in [4.78, 5) is 19.9. The first-order chi connectivity index (χ1) is 11.2. The highest BCUT2D eigenvalue weighted by Gasteiger charge is 2.04. The first kappa shape index (κ1) is 14.5. The molecular formula is C17H14N4O2. The van der Waals surface area contributed by atoms with Crippen LogP contribution in [0.15, 0.2) is 77.9 Å². The van der Waals surface area contributed by atoms with Gasteiger partial charge in [0.2, 0.25) is 0 Å². The first-order valence-corrected chi connectivity index (χ1v) is 6.97. The van der Waals surface area contributed by atoms with E-state index < -0.39 is 6.03 Å². The largest absolute Gasteiger partial charge is 0.425 e. The molecule has 1 heterocycles. The lowest BCUT2D eigenvalue weighted by atomic mass is 10.1. The van der Waals surface area contributed by atoms with Crippen molar-refractivity contribution in [1.29, 1.82) is 0 Å². The van der Waals surface area contributed by atoms with Crippen molar-refractivity contribution in [3.63, 3.8) is 0 Å². The second-order valence-corrected chi connectivity index (χ2v) is 4.73. The van der Waals surface area contributed by atoms with Crippen LogP contribution in [0.4, 0.5) is 10.5 Å². The minimum Gasteiger partial charge on any atom is -0.425 e. The van der Waals surface area contributed by atoms with Gasteiger partial charge in [0.15, 0.2) is 0 Å². The average Bonchev–Trinajstić information content (AvgIpc) is 2.58. The van der Waals surface area contributed by atoms with Crippen LogP contribution in [0.3, 0.4) is 0 Å². The number of hydrogen-bond acceptors (Lipinski definition) is 3. The van der Waals surface area contributed by atoms with Gasteiger partial charge in [-0.15, -0.1) is 0 Å². The van der Waals surface area contributed by atoms with Crippen LogP contribution in [0.5, 0.6) is 0 Å². The summed E-state index contributed by atoms with van der Waals surface area (Å²) in [7, 11) is 0. The Balaban J connectivity index is 1.91. The summed E-state index contributed by atoms with van der Waals surface area (Å²) in [5.41, 5.74) is 2.00. The van der Waals surface area contributed by atoms with E-state index in [1.54, 1.807) is 30.3 Å². The number of para-hydroxylation sites is 1. The van der Waals surface area contributed by atoms with Crippen LogP contribution in [-0.4, -0.2) is 21.0 Å². The number of hydrogen-bond donors (Lipinski definition) is 2. The van der Waals surface area contributed by atoms with E-state index in [2.05, 4.69) is 15.3 Å². The minimum absolute atomic E-state index is 0.0974. The molecule has 0 unspecified atom stereocenters. The summed E-state index contributed by atoms with van der Waals surface area (Å²) in [6, 6.07) is 19.4. The highest BCUT2D eigenvalue weighted by Crippen LogP contribution is 2.13. The Hall–Kier alpha value is -3.41. The van der Waals surface area contributed by atoms with Crippen molar-refractivity contribution in [3.8, 4) is 11.3 Å². The number of nitrogens with one attached hydrogen (secondary N) is 1. The summed E-state index contributed by atoms with van der Waals surface area (Å²) < 4.78 is 0.705. The molecule has 114 valence electrons. The molecule has 6 heteroatoms. The second-order valence-electron chi connectivity index (χ2n) is 4.73. The van der Waals surface area contributed by atoms with E-state index in [-0.39, 0.29) is 5.62 Å². The molecule has 0 aliphatic heterocycles. The molecule has 2 aromatic carbocycles. The van der Waals surface area contributed by atoms with Crippen molar-refractivity contribution < 1.29 is 10.0 Å². The Morgan fingerprint density at radius 1 is 1.00 bits per heavy atom. The van der Waals surface area contributed by atoms with Crippen LogP contribution < -0.4 is 10.9 Å². The number of benzene rings is 2. The van der Waals surface area contributed by atoms with Gasteiger partial charge in [0.25, 0.3) is 5.62 Å². The van der Waals surface area contributed by atoms with E-state index >= 15 is 0 Å². The van der Waals surface area contributed by atoms with Gasteiger partial charge in [-0.2, -0.15) is 9.72 Å². The quantitative estimate of drug-likeness (QED) is 0.714. The van der Waals surface area contributed by atoms with Gasteiger partial charge < -0.3 is 10.5 Å². The summed E-state index contributed by atoms with van der Waals surface area (Å²) in [6.07, 6.45) is 1.39. The predicted molar refractivity (Wildman–Crippen MR) is 85.9 cm³/mol. The molecule has 6 nitrogen and oxygen atoms in total. The minimum atomic E-state index is -0.614. The number of amides is 2. The third kappa shape index (κ3) is 3.62. The van der Waals surface area contributed by atoms with Crippen LogP contribution in [0, 0.1) is 0 Å². The maximum Gasteiger partial charge on any atom is 0.348 e. The van der Waals surface area contributed by atoms with Crippen LogP contribution in [-0.2, 0) is 0 Å². The number of anilines is 1. The maximum atomic E-state index is 11.9. The topological polar surface area (TPSA) is 79.5 Å². The van der Waals surface area contributed by atoms with Crippen molar-refractivity contribution >= 4 is 11.7 Å². The molecule has 0 saturated heterocycles. The molecule has 0 spiro atoms. The van der Waals surface area contributed by atoms with Crippen molar-refractivity contribution in [2.45, 2.75) is 0 Å². The molecule has 1 aromatic heterocycles. The van der Waals surface area contributed by atoms with Crippen molar-refractivity contribution in [2.75, 3.05) is 5.32 Å². The fourth-order valence-corrected chi connectivity index (χ4v) is 2.01. The Labute approximate surface area is 132 Å². The molecule has 3 aromatic rings. The lowest BCUT2D eigenvalue weighted by molar-refractivity contribution is 0.166. The zero-order valence-electron chi connectivity index (χ0n) is 12.1. The van der Waals surface area contributed by atoms with E-state index in [9.17, 15) is 10.0 Å². The number of rotatable bonds is 2. The standard InChI is InChI=1S/C17H14N4O2/c22-17(18-14-9-5-2-6-10-14)20-16-19-15(11-12-21(16)23)13-7-3-1-4-8-13/h1-12,23H,(H,18,22)/b20-16-. The number of carbonyl (C=O) groups is 1. The maximum absolute atomic E-state index is 11.9. The Kier molecular flexibility index (Phi) is 4.15. The van der Waals surface area contributed by atoms with Crippen LogP contribution >= 0.6 is 0 Å². The van der Waals surface area contributed by atoms with E-state index in [0.717, 1.165) is 5.56 Å². The molecule has 2 amide bonds. The molecule has 2 N–H and O–H groups in total. The van der Waals surface area contributed by atoms with Crippen molar-refractivity contribution in [2.24, 2.45) is 4.99 Å². The highest BCUT2D eigenvalue weighted by molar-refractivity contribution is 5.89. The monoisotopic (exact) mass is 306 g/mol. The van der Waals surface area contributed by atoms with E-state index in [4.69, 9.17) is 0 Å². The predicted octanol–water partition coefficient (Wildman–Crippen LogP) is 2.92. The third-order valence-electron chi connectivity index (χ3n) is 3.10. The number of nitrogens with zero attached hydrogens (tertiary/aromatic N) is 3. The van der Waals surface area contributed by atoms with E-state index in [0.29, 0.717) is 16.1 Å². The smallest absolute Gasteiger partial charge is 0.348 e. The zero-order valence-corrected chi connectivity index (χ0v) is 12.1. The second kappa shape index (κ2) is 6.57. The zero-order chi connectivity index (χ0) is 16.1. The molecule has 0 atom stereocenters. The normalized spacial score (nSPS) is 11.2. The van der Waals surface area contributed by atoms with Crippen molar-refractivity contribution in [3.05, 3.63) is 78.5 Å². The van der Waals surface area contributed by atoms with Gasteiger partial charge in [0.1, 0.15) is 0 Å². The molecule has 0 saturated carbocycles. The molecule has 0 fully saturated rings. The Bertz CT molecular complexity index is 874. The molecule has 0 radical (unpaired) electrons. The van der Waals surface area contributed by atoms with Crippen molar-refractivity contribution in [1.82, 2.24) is 9.71 Å². The lowest BCUT2D eigenvalue weighted by Crippen LogP contribution is -2.25. The molecule has 23 heavy (non-hydrogen) atoms. The van der Waals surface area contributed by atoms with Gasteiger partial charge in [-0.05, 0) is 18.2 Å². The van der Waals surface area contributed by atoms with Gasteiger partial charge in [-0.1, -0.05) is 48.5 Å². The fourth-order valence-electron chi connectivity index (χ4n) is 2.01. The highest BCUT2D eigenvalue weighted by atomic mass is 16.5. The molecule has 0 aliphatic rings. The molecule has 0 aliphatic carbocycles. The van der Waals surface area contributed by atoms with Gasteiger partial charge in [-0.3, -0.25) is 0 Å². The van der Waals surface area contributed by atoms with Gasteiger partial charge in [-0.25, -0.2) is 9.78 Å². The van der Waals surface area contributed by atoms with Gasteiger partial charge in [0, 0.05) is 17.4 Å². The molecular weight excluding hydrogens is 292 g/mol. The van der Waals surface area contributed by atoms with Crippen LogP contribution in [0.25, 0.3) is 11.3 Å². The summed E-state index contributed by atoms with van der Waals surface area (Å²) in [5, 5.41) is 12.4. The Morgan fingerprint density at radius 3 is 2.35 bits per heavy atom. The summed E-state index contributed by atoms with van der Waals surface area (Å²) >= 11 is 0. The van der Waals surface area contributed by atoms with Gasteiger partial charge in [0.05, 0.1) is 5.69 Å². The lowest BCUT2D eigenvalue weighted by Gasteiger charge is -2.03. The molecule has 0 bridgehead atoms. The average molecular weight is 306 g/mol. The summed E-state index contributed by atoms with van der Waals surface area (Å²) in [6.45, 7) is 0. The summed E-state index contributed by atoms with van der Waals surface area (Å²) in [5.74, 6) is 0. The van der Waals surface area contributed by atoms with Gasteiger partial charge >= 0.3 is 6.03 Å². The SMILES string of the molecule is O=C(/N=c1/nc(-c2ccccc2)ccn1O)Nc1ccccc1. The number of carbonyl (C=O) groups excluding carboxylic acids is 1. The van der Waals surface area contributed by atoms with E-state index in [1.165, 1.54) is 6.20 Å². The number of aromatic nitrogens is 2. The first-order valence-electron chi connectivity index (χ1n) is 6.97. The third-order valence-corrected chi connectivity index (χ3v) is 3.10. The van der Waals surface area contributed by atoms with Crippen LogP contribution in [0.2, 0.25) is 0 Å². The number of urea groups is 1. The fraction of sp³-hybridized carbons (Fsp3) is 0.